The Morgan fingerprint density at radius 2 is 2.27 bits per heavy atom. The zero-order valence-electron chi connectivity index (χ0n) is 8.03. The molecule has 0 bridgehead atoms. The third-order valence-corrected chi connectivity index (χ3v) is 2.75. The van der Waals surface area contributed by atoms with E-state index in [0.29, 0.717) is 10.0 Å². The van der Waals surface area contributed by atoms with Gasteiger partial charge in [0, 0.05) is 16.1 Å². The van der Waals surface area contributed by atoms with Gasteiger partial charge in [-0.1, -0.05) is 6.07 Å². The van der Waals surface area contributed by atoms with Crippen LogP contribution in [0.2, 0.25) is 0 Å². The highest BCUT2D eigenvalue weighted by atomic mass is 79.9. The molecule has 15 heavy (non-hydrogen) atoms. The average molecular weight is 266 g/mol. The lowest BCUT2D eigenvalue weighted by Gasteiger charge is -2.04. The van der Waals surface area contributed by atoms with E-state index in [2.05, 4.69) is 25.7 Å². The third kappa shape index (κ3) is 1.85. The van der Waals surface area contributed by atoms with E-state index in [9.17, 15) is 4.79 Å². The zero-order chi connectivity index (χ0) is 10.8. The molecule has 0 atom stereocenters. The lowest BCUT2D eigenvalue weighted by atomic mass is 10.1. The predicted molar refractivity (Wildman–Crippen MR) is 60.8 cm³/mol. The van der Waals surface area contributed by atoms with Crippen molar-refractivity contribution in [3.05, 3.63) is 40.5 Å². The summed E-state index contributed by atoms with van der Waals surface area (Å²) >= 11 is 3.32. The van der Waals surface area contributed by atoms with Gasteiger partial charge < -0.3 is 4.74 Å². The third-order valence-electron chi connectivity index (χ3n) is 2.10. The molecule has 3 nitrogen and oxygen atoms in total. The smallest absolute Gasteiger partial charge is 0.339 e. The summed E-state index contributed by atoms with van der Waals surface area (Å²) in [5, 5.41) is 0.918. The van der Waals surface area contributed by atoms with Gasteiger partial charge in [0.15, 0.2) is 0 Å². The number of pyridine rings is 1. The van der Waals surface area contributed by atoms with E-state index in [1.54, 1.807) is 12.3 Å². The summed E-state index contributed by atoms with van der Waals surface area (Å²) in [6.07, 6.45) is 1.71. The Balaban J connectivity index is 2.67. The molecule has 0 unspecified atom stereocenters. The second-order valence-corrected chi connectivity index (χ2v) is 3.87. The SMILES string of the molecule is COC(=O)c1cc2cccnc2cc1Br. The first kappa shape index (κ1) is 10.1. The van der Waals surface area contributed by atoms with Crippen LogP contribution in [0, 0.1) is 0 Å². The summed E-state index contributed by atoms with van der Waals surface area (Å²) in [5.41, 5.74) is 1.36. The number of carbonyl (C=O) groups excluding carboxylic acids is 1. The number of aromatic nitrogens is 1. The van der Waals surface area contributed by atoms with E-state index in [1.807, 2.05) is 18.2 Å². The Kier molecular flexibility index (Phi) is 2.68. The molecule has 0 amide bonds. The van der Waals surface area contributed by atoms with E-state index in [0.717, 1.165) is 10.9 Å². The standard InChI is InChI=1S/C11H8BrNO2/c1-15-11(14)8-5-7-3-2-4-13-10(7)6-9(8)12/h2-6H,1H3. The molecule has 2 rings (SSSR count). The second-order valence-electron chi connectivity index (χ2n) is 3.02. The van der Waals surface area contributed by atoms with Crippen molar-refractivity contribution in [3.63, 3.8) is 0 Å². The van der Waals surface area contributed by atoms with Crippen LogP contribution < -0.4 is 0 Å². The van der Waals surface area contributed by atoms with Crippen molar-refractivity contribution in [2.75, 3.05) is 7.11 Å². The summed E-state index contributed by atoms with van der Waals surface area (Å²) in [6, 6.07) is 7.30. The largest absolute Gasteiger partial charge is 0.465 e. The quantitative estimate of drug-likeness (QED) is 0.745. The molecule has 76 valence electrons. The fourth-order valence-corrected chi connectivity index (χ4v) is 1.85. The van der Waals surface area contributed by atoms with Gasteiger partial charge in [-0.2, -0.15) is 0 Å². The van der Waals surface area contributed by atoms with E-state index in [1.165, 1.54) is 7.11 Å². The molecule has 1 aromatic carbocycles. The zero-order valence-corrected chi connectivity index (χ0v) is 9.61. The van der Waals surface area contributed by atoms with Gasteiger partial charge in [0.2, 0.25) is 0 Å². The van der Waals surface area contributed by atoms with Gasteiger partial charge in [0.1, 0.15) is 0 Å². The molecule has 0 aliphatic rings. The first-order chi connectivity index (χ1) is 7.22. The Morgan fingerprint density at radius 3 is 3.00 bits per heavy atom. The van der Waals surface area contributed by atoms with Gasteiger partial charge in [-0.3, -0.25) is 4.98 Å². The molecule has 0 aliphatic heterocycles. The highest BCUT2D eigenvalue weighted by molar-refractivity contribution is 9.10. The number of nitrogens with zero attached hydrogens (tertiary/aromatic N) is 1. The van der Waals surface area contributed by atoms with Crippen molar-refractivity contribution >= 4 is 32.8 Å². The Hall–Kier alpha value is -1.42. The monoisotopic (exact) mass is 265 g/mol. The van der Waals surface area contributed by atoms with E-state index in [-0.39, 0.29) is 5.97 Å². The van der Waals surface area contributed by atoms with Gasteiger partial charge in [0.05, 0.1) is 18.2 Å². The van der Waals surface area contributed by atoms with Crippen LogP contribution in [0.4, 0.5) is 0 Å². The minimum atomic E-state index is -0.354. The normalized spacial score (nSPS) is 10.3. The van der Waals surface area contributed by atoms with Crippen molar-refractivity contribution < 1.29 is 9.53 Å². The van der Waals surface area contributed by atoms with Gasteiger partial charge >= 0.3 is 5.97 Å². The molecule has 2 aromatic rings. The molecule has 0 saturated heterocycles. The second kappa shape index (κ2) is 3.98. The molecule has 0 N–H and O–H groups in total. The average Bonchev–Trinajstić information content (AvgIpc) is 2.27. The van der Waals surface area contributed by atoms with Crippen LogP contribution in [0.3, 0.4) is 0 Å². The first-order valence-corrected chi connectivity index (χ1v) is 5.14. The molecule has 0 radical (unpaired) electrons. The van der Waals surface area contributed by atoms with Crippen LogP contribution in [-0.2, 0) is 4.74 Å². The summed E-state index contributed by atoms with van der Waals surface area (Å²) in [7, 11) is 1.36. The van der Waals surface area contributed by atoms with Gasteiger partial charge in [-0.25, -0.2) is 4.79 Å². The molecule has 0 fully saturated rings. The highest BCUT2D eigenvalue weighted by Gasteiger charge is 2.11. The number of carbonyl (C=O) groups is 1. The minimum Gasteiger partial charge on any atom is -0.465 e. The van der Waals surface area contributed by atoms with Crippen LogP contribution >= 0.6 is 15.9 Å². The lowest BCUT2D eigenvalue weighted by Crippen LogP contribution is -2.02. The Morgan fingerprint density at radius 1 is 1.47 bits per heavy atom. The number of rotatable bonds is 1. The fraction of sp³-hybridized carbons (Fsp3) is 0.0909. The maximum Gasteiger partial charge on any atom is 0.339 e. The highest BCUT2D eigenvalue weighted by Crippen LogP contribution is 2.23. The molecule has 0 spiro atoms. The van der Waals surface area contributed by atoms with Gasteiger partial charge in [0.25, 0.3) is 0 Å². The van der Waals surface area contributed by atoms with Gasteiger partial charge in [-0.05, 0) is 34.1 Å². The van der Waals surface area contributed by atoms with Gasteiger partial charge in [-0.15, -0.1) is 0 Å². The van der Waals surface area contributed by atoms with E-state index >= 15 is 0 Å². The van der Waals surface area contributed by atoms with E-state index < -0.39 is 0 Å². The number of esters is 1. The molecular formula is C11H8BrNO2. The van der Waals surface area contributed by atoms with Crippen molar-refractivity contribution in [1.82, 2.24) is 4.98 Å². The number of fused-ring (bicyclic) bond motifs is 1. The van der Waals surface area contributed by atoms with Crippen molar-refractivity contribution in [2.45, 2.75) is 0 Å². The lowest BCUT2D eigenvalue weighted by molar-refractivity contribution is 0.0600. The number of hydrogen-bond acceptors (Lipinski definition) is 3. The molecule has 4 heteroatoms. The number of ether oxygens (including phenoxy) is 1. The van der Waals surface area contributed by atoms with Crippen LogP contribution in [-0.4, -0.2) is 18.1 Å². The van der Waals surface area contributed by atoms with Crippen molar-refractivity contribution in [3.8, 4) is 0 Å². The summed E-state index contributed by atoms with van der Waals surface area (Å²) in [5.74, 6) is -0.354. The van der Waals surface area contributed by atoms with Crippen LogP contribution in [0.15, 0.2) is 34.9 Å². The molecule has 0 aliphatic carbocycles. The van der Waals surface area contributed by atoms with E-state index in [4.69, 9.17) is 0 Å². The number of halogens is 1. The first-order valence-electron chi connectivity index (χ1n) is 4.35. The summed E-state index contributed by atoms with van der Waals surface area (Å²) < 4.78 is 5.37. The fourth-order valence-electron chi connectivity index (χ4n) is 1.36. The molecule has 1 aromatic heterocycles. The predicted octanol–water partition coefficient (Wildman–Crippen LogP) is 2.78. The minimum absolute atomic E-state index is 0.354. The molecule has 1 heterocycles. The Labute approximate surface area is 95.2 Å². The molecule has 0 saturated carbocycles. The van der Waals surface area contributed by atoms with Crippen molar-refractivity contribution in [2.24, 2.45) is 0 Å². The maximum atomic E-state index is 11.4. The van der Waals surface area contributed by atoms with Crippen LogP contribution in [0.1, 0.15) is 10.4 Å². The topological polar surface area (TPSA) is 39.2 Å². The maximum absolute atomic E-state index is 11.4. The molecular weight excluding hydrogens is 258 g/mol. The number of methoxy groups -OCH3 is 1. The summed E-state index contributed by atoms with van der Waals surface area (Å²) in [4.78, 5) is 15.6. The summed E-state index contributed by atoms with van der Waals surface area (Å²) in [6.45, 7) is 0. The number of hydrogen-bond donors (Lipinski definition) is 0. The van der Waals surface area contributed by atoms with Crippen molar-refractivity contribution in [1.29, 1.82) is 0 Å². The Bertz CT molecular complexity index is 525. The number of benzene rings is 1. The van der Waals surface area contributed by atoms with Crippen LogP contribution in [0.25, 0.3) is 10.9 Å². The van der Waals surface area contributed by atoms with Crippen LogP contribution in [0.5, 0.6) is 0 Å².